The van der Waals surface area contributed by atoms with E-state index in [4.69, 9.17) is 5.73 Å². The molecule has 0 amide bonds. The van der Waals surface area contributed by atoms with E-state index in [1.54, 1.807) is 0 Å². The van der Waals surface area contributed by atoms with Crippen LogP contribution in [0.2, 0.25) is 0 Å². The summed E-state index contributed by atoms with van der Waals surface area (Å²) < 4.78 is 1.11. The molecule has 0 aliphatic carbocycles. The molecule has 0 saturated heterocycles. The minimum absolute atomic E-state index is 0.152. The number of halogens is 1. The Morgan fingerprint density at radius 3 is 2.75 bits per heavy atom. The van der Waals surface area contributed by atoms with Crippen molar-refractivity contribution >= 4 is 15.9 Å². The molecule has 1 unspecified atom stereocenters. The quantitative estimate of drug-likeness (QED) is 0.826. The smallest absolute Gasteiger partial charge is 0.0303 e. The van der Waals surface area contributed by atoms with Crippen LogP contribution in [0.25, 0.3) is 0 Å². The summed E-state index contributed by atoms with van der Waals surface area (Å²) in [6.07, 6.45) is 0.974. The average molecular weight is 228 g/mol. The van der Waals surface area contributed by atoms with Crippen LogP contribution in [-0.2, 0) is 0 Å². The first-order valence-corrected chi connectivity index (χ1v) is 4.96. The second-order valence-corrected chi connectivity index (χ2v) is 3.89. The molecule has 1 aromatic carbocycles. The minimum atomic E-state index is 0.152. The Morgan fingerprint density at radius 1 is 1.50 bits per heavy atom. The van der Waals surface area contributed by atoms with Gasteiger partial charge in [-0.15, -0.1) is 0 Å². The molecule has 1 nitrogen and oxygen atoms in total. The molecule has 0 saturated carbocycles. The average Bonchev–Trinajstić information content (AvgIpc) is 2.08. The number of rotatable bonds is 2. The molecule has 2 N–H and O–H groups in total. The molecule has 1 atom stereocenters. The van der Waals surface area contributed by atoms with Crippen LogP contribution in [0.4, 0.5) is 0 Å². The SMILES string of the molecule is CCC(N)c1cc(C)ccc1Br. The largest absolute Gasteiger partial charge is 0.324 e. The van der Waals surface area contributed by atoms with Crippen LogP contribution in [0.1, 0.15) is 30.5 Å². The van der Waals surface area contributed by atoms with Gasteiger partial charge in [0.2, 0.25) is 0 Å². The first-order chi connectivity index (χ1) is 5.65. The molecule has 0 radical (unpaired) electrons. The van der Waals surface area contributed by atoms with E-state index < -0.39 is 0 Å². The summed E-state index contributed by atoms with van der Waals surface area (Å²) in [6, 6.07) is 6.42. The fraction of sp³-hybridized carbons (Fsp3) is 0.400. The van der Waals surface area contributed by atoms with Gasteiger partial charge in [-0.25, -0.2) is 0 Å². The molecule has 12 heavy (non-hydrogen) atoms. The number of aryl methyl sites for hydroxylation is 1. The predicted molar refractivity (Wildman–Crippen MR) is 56.1 cm³/mol. The van der Waals surface area contributed by atoms with Crippen LogP contribution in [0.3, 0.4) is 0 Å². The van der Waals surface area contributed by atoms with Gasteiger partial charge in [-0.3, -0.25) is 0 Å². The molecule has 0 aliphatic heterocycles. The summed E-state index contributed by atoms with van der Waals surface area (Å²) in [5, 5.41) is 0. The summed E-state index contributed by atoms with van der Waals surface area (Å²) in [7, 11) is 0. The summed E-state index contributed by atoms with van der Waals surface area (Å²) in [4.78, 5) is 0. The molecular weight excluding hydrogens is 214 g/mol. The van der Waals surface area contributed by atoms with E-state index in [9.17, 15) is 0 Å². The highest BCUT2D eigenvalue weighted by atomic mass is 79.9. The fourth-order valence-corrected chi connectivity index (χ4v) is 1.71. The van der Waals surface area contributed by atoms with Gasteiger partial charge in [0, 0.05) is 10.5 Å². The van der Waals surface area contributed by atoms with Gasteiger partial charge in [-0.2, -0.15) is 0 Å². The summed E-state index contributed by atoms with van der Waals surface area (Å²) in [5.41, 5.74) is 8.40. The molecular formula is C10H14BrN. The van der Waals surface area contributed by atoms with Crippen LogP contribution in [0.15, 0.2) is 22.7 Å². The molecule has 0 aliphatic rings. The lowest BCUT2D eigenvalue weighted by Gasteiger charge is -2.11. The Kier molecular flexibility index (Phi) is 3.29. The van der Waals surface area contributed by atoms with Crippen LogP contribution < -0.4 is 5.73 Å². The Morgan fingerprint density at radius 2 is 2.17 bits per heavy atom. The van der Waals surface area contributed by atoms with Gasteiger partial charge in [-0.1, -0.05) is 40.5 Å². The molecule has 2 heteroatoms. The Balaban J connectivity index is 3.04. The van der Waals surface area contributed by atoms with Gasteiger partial charge in [0.15, 0.2) is 0 Å². The third-order valence-electron chi connectivity index (χ3n) is 1.99. The molecule has 0 spiro atoms. The van der Waals surface area contributed by atoms with Crippen molar-refractivity contribution in [3.05, 3.63) is 33.8 Å². The lowest BCUT2D eigenvalue weighted by molar-refractivity contribution is 0.695. The lowest BCUT2D eigenvalue weighted by atomic mass is 10.0. The first-order valence-electron chi connectivity index (χ1n) is 4.16. The van der Waals surface area contributed by atoms with Crippen molar-refractivity contribution in [2.45, 2.75) is 26.3 Å². The van der Waals surface area contributed by atoms with Gasteiger partial charge in [0.05, 0.1) is 0 Å². The third-order valence-corrected chi connectivity index (χ3v) is 2.71. The van der Waals surface area contributed by atoms with Crippen LogP contribution in [-0.4, -0.2) is 0 Å². The fourth-order valence-electron chi connectivity index (χ4n) is 1.17. The molecule has 1 rings (SSSR count). The normalized spacial score (nSPS) is 13.0. The minimum Gasteiger partial charge on any atom is -0.324 e. The third kappa shape index (κ3) is 2.08. The number of benzene rings is 1. The maximum absolute atomic E-state index is 5.93. The van der Waals surface area contributed by atoms with Gasteiger partial charge in [0.25, 0.3) is 0 Å². The van der Waals surface area contributed by atoms with E-state index in [1.807, 2.05) is 0 Å². The molecule has 0 heterocycles. The van der Waals surface area contributed by atoms with Crippen LogP contribution in [0, 0.1) is 6.92 Å². The van der Waals surface area contributed by atoms with Crippen molar-refractivity contribution in [3.63, 3.8) is 0 Å². The molecule has 0 fully saturated rings. The summed E-state index contributed by atoms with van der Waals surface area (Å²) >= 11 is 3.49. The van der Waals surface area contributed by atoms with E-state index in [0.29, 0.717) is 0 Å². The summed E-state index contributed by atoms with van der Waals surface area (Å²) in [5.74, 6) is 0. The number of hydrogen-bond donors (Lipinski definition) is 1. The first kappa shape index (κ1) is 9.75. The van der Waals surface area contributed by atoms with Crippen molar-refractivity contribution in [1.29, 1.82) is 0 Å². The van der Waals surface area contributed by atoms with Crippen LogP contribution in [0.5, 0.6) is 0 Å². The van der Waals surface area contributed by atoms with Crippen molar-refractivity contribution in [3.8, 4) is 0 Å². The van der Waals surface area contributed by atoms with Crippen molar-refractivity contribution in [1.82, 2.24) is 0 Å². The highest BCUT2D eigenvalue weighted by molar-refractivity contribution is 9.10. The van der Waals surface area contributed by atoms with E-state index in [1.165, 1.54) is 11.1 Å². The maximum atomic E-state index is 5.93. The Bertz CT molecular complexity index is 271. The standard InChI is InChI=1S/C10H14BrN/c1-3-10(12)8-6-7(2)4-5-9(8)11/h4-6,10H,3,12H2,1-2H3. The van der Waals surface area contributed by atoms with Crippen molar-refractivity contribution in [2.24, 2.45) is 5.73 Å². The molecule has 0 aromatic heterocycles. The van der Waals surface area contributed by atoms with Crippen LogP contribution >= 0.6 is 15.9 Å². The zero-order chi connectivity index (χ0) is 9.14. The monoisotopic (exact) mass is 227 g/mol. The topological polar surface area (TPSA) is 26.0 Å². The van der Waals surface area contributed by atoms with E-state index in [-0.39, 0.29) is 6.04 Å². The van der Waals surface area contributed by atoms with Gasteiger partial charge < -0.3 is 5.73 Å². The molecule has 1 aromatic rings. The zero-order valence-corrected chi connectivity index (χ0v) is 9.06. The van der Waals surface area contributed by atoms with Crippen molar-refractivity contribution < 1.29 is 0 Å². The highest BCUT2D eigenvalue weighted by Gasteiger charge is 2.06. The van der Waals surface area contributed by atoms with E-state index in [2.05, 4.69) is 48.0 Å². The second kappa shape index (κ2) is 4.06. The molecule has 66 valence electrons. The highest BCUT2D eigenvalue weighted by Crippen LogP contribution is 2.24. The second-order valence-electron chi connectivity index (χ2n) is 3.04. The van der Waals surface area contributed by atoms with E-state index >= 15 is 0 Å². The van der Waals surface area contributed by atoms with Gasteiger partial charge in [0.1, 0.15) is 0 Å². The number of hydrogen-bond acceptors (Lipinski definition) is 1. The number of nitrogens with two attached hydrogens (primary N) is 1. The van der Waals surface area contributed by atoms with Gasteiger partial charge >= 0.3 is 0 Å². The Labute approximate surface area is 82.1 Å². The predicted octanol–water partition coefficient (Wildman–Crippen LogP) is 3.17. The van der Waals surface area contributed by atoms with Gasteiger partial charge in [-0.05, 0) is 25.0 Å². The zero-order valence-electron chi connectivity index (χ0n) is 7.47. The lowest BCUT2D eigenvalue weighted by Crippen LogP contribution is -2.09. The summed E-state index contributed by atoms with van der Waals surface area (Å²) in [6.45, 7) is 4.18. The maximum Gasteiger partial charge on any atom is 0.0303 e. The van der Waals surface area contributed by atoms with E-state index in [0.717, 1.165) is 10.9 Å². The Hall–Kier alpha value is -0.340. The molecule has 0 bridgehead atoms. The van der Waals surface area contributed by atoms with Crippen molar-refractivity contribution in [2.75, 3.05) is 0 Å².